The average Bonchev–Trinajstić information content (AvgIpc) is 2.87. The van der Waals surface area contributed by atoms with Gasteiger partial charge < -0.3 is 14.2 Å². The van der Waals surface area contributed by atoms with Crippen molar-refractivity contribution in [2.45, 2.75) is 44.7 Å². The summed E-state index contributed by atoms with van der Waals surface area (Å²) in [6, 6.07) is 10.0. The Morgan fingerprint density at radius 2 is 2.10 bits per heavy atom. The highest BCUT2D eigenvalue weighted by atomic mass is 16.6. The number of hydrogen-bond acceptors (Lipinski definition) is 4. The first-order chi connectivity index (χ1) is 9.78. The van der Waals surface area contributed by atoms with E-state index in [-0.39, 0.29) is 12.2 Å². The molecule has 1 aromatic carbocycles. The number of ether oxygens (including phenoxy) is 3. The lowest BCUT2D eigenvalue weighted by atomic mass is 10.2. The smallest absolute Gasteiger partial charge is 0.189 e. The molecule has 3 atom stereocenters. The van der Waals surface area contributed by atoms with E-state index in [0.29, 0.717) is 6.61 Å². The molecule has 106 valence electrons. The summed E-state index contributed by atoms with van der Waals surface area (Å²) >= 11 is 0. The van der Waals surface area contributed by atoms with Crippen LogP contribution in [0.25, 0.3) is 0 Å². The van der Waals surface area contributed by atoms with Crippen LogP contribution in [0.4, 0.5) is 0 Å². The Morgan fingerprint density at radius 1 is 1.30 bits per heavy atom. The molecule has 0 N–H and O–H groups in total. The molecule has 1 heterocycles. The number of hydrogen-bond donors (Lipinski definition) is 0. The van der Waals surface area contributed by atoms with Gasteiger partial charge in [0.2, 0.25) is 0 Å². The number of aldehydes is 1. The summed E-state index contributed by atoms with van der Waals surface area (Å²) in [5.41, 5.74) is 1.14. The Hall–Kier alpha value is -1.81. The molecule has 0 aromatic heterocycles. The molecule has 1 aliphatic heterocycles. The first kappa shape index (κ1) is 13.2. The number of benzene rings is 1. The SMILES string of the molecule is CC1OC2=C(CC[C@H]2OCc2ccccc2)OC1C=O. The van der Waals surface area contributed by atoms with E-state index in [1.807, 2.05) is 37.3 Å². The number of carbonyl (C=O) groups excluding carboxylic acids is 1. The maximum Gasteiger partial charge on any atom is 0.189 e. The van der Waals surface area contributed by atoms with E-state index in [2.05, 4.69) is 0 Å². The van der Waals surface area contributed by atoms with Gasteiger partial charge in [-0.25, -0.2) is 0 Å². The molecule has 0 fully saturated rings. The van der Waals surface area contributed by atoms with E-state index in [9.17, 15) is 4.79 Å². The maximum atomic E-state index is 10.9. The van der Waals surface area contributed by atoms with E-state index < -0.39 is 6.10 Å². The van der Waals surface area contributed by atoms with E-state index in [0.717, 1.165) is 36.2 Å². The van der Waals surface area contributed by atoms with Crippen LogP contribution >= 0.6 is 0 Å². The second-order valence-corrected chi connectivity index (χ2v) is 5.15. The molecule has 0 saturated heterocycles. The molecule has 0 radical (unpaired) electrons. The minimum Gasteiger partial charge on any atom is -0.484 e. The summed E-state index contributed by atoms with van der Waals surface area (Å²) < 4.78 is 17.4. The first-order valence-electron chi connectivity index (χ1n) is 6.95. The Kier molecular flexibility index (Phi) is 3.74. The molecule has 0 spiro atoms. The summed E-state index contributed by atoms with van der Waals surface area (Å²) in [6.07, 6.45) is 1.59. The number of carbonyl (C=O) groups is 1. The topological polar surface area (TPSA) is 44.8 Å². The summed E-state index contributed by atoms with van der Waals surface area (Å²) in [6.45, 7) is 2.40. The van der Waals surface area contributed by atoms with Crippen LogP contribution in [0.1, 0.15) is 25.3 Å². The Labute approximate surface area is 118 Å². The van der Waals surface area contributed by atoms with Gasteiger partial charge in [0.15, 0.2) is 18.1 Å². The molecule has 4 heteroatoms. The normalized spacial score (nSPS) is 28.6. The highest BCUT2D eigenvalue weighted by molar-refractivity contribution is 5.57. The first-order valence-corrected chi connectivity index (χ1v) is 6.95. The molecule has 20 heavy (non-hydrogen) atoms. The van der Waals surface area contributed by atoms with Crippen molar-refractivity contribution in [3.63, 3.8) is 0 Å². The van der Waals surface area contributed by atoms with E-state index in [1.165, 1.54) is 0 Å². The fraction of sp³-hybridized carbons (Fsp3) is 0.438. The molecule has 4 nitrogen and oxygen atoms in total. The third kappa shape index (κ3) is 2.56. The van der Waals surface area contributed by atoms with Gasteiger partial charge in [0.05, 0.1) is 6.61 Å². The number of allylic oxidation sites excluding steroid dienone is 1. The maximum absolute atomic E-state index is 10.9. The monoisotopic (exact) mass is 274 g/mol. The summed E-state index contributed by atoms with van der Waals surface area (Å²) in [7, 11) is 0. The van der Waals surface area contributed by atoms with E-state index in [4.69, 9.17) is 14.2 Å². The molecule has 0 bridgehead atoms. The zero-order chi connectivity index (χ0) is 13.9. The molecular weight excluding hydrogens is 256 g/mol. The lowest BCUT2D eigenvalue weighted by Crippen LogP contribution is -2.35. The third-order valence-corrected chi connectivity index (χ3v) is 3.68. The van der Waals surface area contributed by atoms with Crippen molar-refractivity contribution in [1.82, 2.24) is 0 Å². The van der Waals surface area contributed by atoms with Crippen molar-refractivity contribution in [1.29, 1.82) is 0 Å². The standard InChI is InChI=1S/C16H18O4/c1-11-15(9-17)20-14-8-7-13(16(14)19-11)18-10-12-5-3-2-4-6-12/h2-6,9,11,13,15H,7-8,10H2,1H3/t11?,13-,15?/m1/s1. The van der Waals surface area contributed by atoms with Crippen molar-refractivity contribution >= 4 is 6.29 Å². The molecule has 2 aliphatic rings. The quantitative estimate of drug-likeness (QED) is 0.792. The Morgan fingerprint density at radius 3 is 2.85 bits per heavy atom. The summed E-state index contributed by atoms with van der Waals surface area (Å²) in [5.74, 6) is 1.55. The molecule has 0 saturated carbocycles. The van der Waals surface area contributed by atoms with Gasteiger partial charge in [-0.2, -0.15) is 0 Å². The zero-order valence-electron chi connectivity index (χ0n) is 11.5. The second-order valence-electron chi connectivity index (χ2n) is 5.15. The Balaban J connectivity index is 1.65. The van der Waals surface area contributed by atoms with Crippen LogP contribution < -0.4 is 0 Å². The van der Waals surface area contributed by atoms with Crippen molar-refractivity contribution in [3.05, 3.63) is 47.4 Å². The van der Waals surface area contributed by atoms with Crippen LogP contribution in [0, 0.1) is 0 Å². The molecule has 2 unspecified atom stereocenters. The fourth-order valence-electron chi connectivity index (χ4n) is 2.55. The third-order valence-electron chi connectivity index (χ3n) is 3.68. The lowest BCUT2D eigenvalue weighted by molar-refractivity contribution is -0.128. The summed E-state index contributed by atoms with van der Waals surface area (Å²) in [5, 5.41) is 0. The largest absolute Gasteiger partial charge is 0.484 e. The minimum atomic E-state index is -0.498. The average molecular weight is 274 g/mol. The van der Waals surface area contributed by atoms with Gasteiger partial charge in [-0.1, -0.05) is 30.3 Å². The van der Waals surface area contributed by atoms with Gasteiger partial charge in [-0.3, -0.25) is 4.79 Å². The molecule has 1 aromatic rings. The van der Waals surface area contributed by atoms with Crippen LogP contribution in [-0.4, -0.2) is 24.6 Å². The van der Waals surface area contributed by atoms with Crippen LogP contribution in [0.3, 0.4) is 0 Å². The van der Waals surface area contributed by atoms with Crippen molar-refractivity contribution in [2.24, 2.45) is 0 Å². The van der Waals surface area contributed by atoms with E-state index >= 15 is 0 Å². The van der Waals surface area contributed by atoms with Crippen molar-refractivity contribution in [3.8, 4) is 0 Å². The predicted octanol–water partition coefficient (Wildman–Crippen LogP) is 2.58. The molecule has 1 aliphatic carbocycles. The van der Waals surface area contributed by atoms with Gasteiger partial charge >= 0.3 is 0 Å². The zero-order valence-corrected chi connectivity index (χ0v) is 11.5. The second kappa shape index (κ2) is 5.67. The molecular formula is C16H18O4. The predicted molar refractivity (Wildman–Crippen MR) is 72.8 cm³/mol. The van der Waals surface area contributed by atoms with Crippen LogP contribution in [0.2, 0.25) is 0 Å². The van der Waals surface area contributed by atoms with Gasteiger partial charge in [-0.05, 0) is 18.9 Å². The van der Waals surface area contributed by atoms with E-state index in [1.54, 1.807) is 0 Å². The lowest BCUT2D eigenvalue weighted by Gasteiger charge is -2.30. The van der Waals surface area contributed by atoms with Gasteiger partial charge in [0, 0.05) is 6.42 Å². The van der Waals surface area contributed by atoms with Crippen LogP contribution in [-0.2, 0) is 25.6 Å². The van der Waals surface area contributed by atoms with Crippen LogP contribution in [0.15, 0.2) is 41.9 Å². The highest BCUT2D eigenvalue weighted by Gasteiger charge is 2.38. The molecule has 3 rings (SSSR count). The van der Waals surface area contributed by atoms with Gasteiger partial charge in [0.25, 0.3) is 0 Å². The highest BCUT2D eigenvalue weighted by Crippen LogP contribution is 2.36. The minimum absolute atomic E-state index is 0.0692. The van der Waals surface area contributed by atoms with Crippen LogP contribution in [0.5, 0.6) is 0 Å². The summed E-state index contributed by atoms with van der Waals surface area (Å²) in [4.78, 5) is 10.9. The Bertz CT molecular complexity index is 508. The van der Waals surface area contributed by atoms with Crippen molar-refractivity contribution in [2.75, 3.05) is 0 Å². The van der Waals surface area contributed by atoms with Gasteiger partial charge in [0.1, 0.15) is 18.0 Å². The van der Waals surface area contributed by atoms with Gasteiger partial charge in [-0.15, -0.1) is 0 Å². The number of rotatable bonds is 4. The fourth-order valence-corrected chi connectivity index (χ4v) is 2.55. The molecule has 0 amide bonds. The van der Waals surface area contributed by atoms with Crippen molar-refractivity contribution < 1.29 is 19.0 Å².